The molecule has 10 heteroatoms. The highest BCUT2D eigenvalue weighted by atomic mass is 16.8. The molecular formula is C35H30O10. The lowest BCUT2D eigenvalue weighted by Crippen LogP contribution is -2.66. The fourth-order valence-corrected chi connectivity index (χ4v) is 4.73. The first-order chi connectivity index (χ1) is 21.9. The van der Waals surface area contributed by atoms with E-state index in [0.717, 1.165) is 0 Å². The van der Waals surface area contributed by atoms with Gasteiger partial charge in [-0.05, 0) is 48.5 Å². The average Bonchev–Trinajstić information content (AvgIpc) is 3.10. The molecule has 0 radical (unpaired) electrons. The Morgan fingerprint density at radius 3 is 1.44 bits per heavy atom. The summed E-state index contributed by atoms with van der Waals surface area (Å²) in [6.45, 7) is -0.926. The molecule has 0 saturated carbocycles. The second-order valence-electron chi connectivity index (χ2n) is 10.0. The lowest BCUT2D eigenvalue weighted by molar-refractivity contribution is -0.337. The third-order valence-corrected chi connectivity index (χ3v) is 7.11. The van der Waals surface area contributed by atoms with Gasteiger partial charge in [-0.1, -0.05) is 72.8 Å². The zero-order chi connectivity index (χ0) is 31.6. The molecule has 4 unspecified atom stereocenters. The first-order valence-electron chi connectivity index (χ1n) is 14.1. The van der Waals surface area contributed by atoms with Crippen molar-refractivity contribution >= 4 is 23.9 Å². The average molecular weight is 611 g/mol. The summed E-state index contributed by atoms with van der Waals surface area (Å²) in [6, 6.07) is 32.7. The molecule has 1 aliphatic rings. The molecule has 0 spiro atoms. The Kier molecular flexibility index (Phi) is 9.98. The first kappa shape index (κ1) is 31.1. The van der Waals surface area contributed by atoms with E-state index < -0.39 is 54.6 Å². The van der Waals surface area contributed by atoms with Crippen LogP contribution in [0.5, 0.6) is 0 Å². The largest absolute Gasteiger partial charge is 0.456 e. The standard InChI is InChI=1S/C35H30O10/c1-40-35(23-41-31(36)24-14-6-2-7-15-24)30(45-34(39)27-20-12-5-13-21-27)29(44-33(38)26-18-10-4-11-19-26)28(22-42-35)43-32(37)25-16-8-3-9-17-25/h2-21,28-30H,22-23H2,1H3. The molecule has 45 heavy (non-hydrogen) atoms. The zero-order valence-corrected chi connectivity index (χ0v) is 24.3. The maximum atomic E-state index is 13.4. The van der Waals surface area contributed by atoms with Crippen LogP contribution in [0.1, 0.15) is 41.4 Å². The van der Waals surface area contributed by atoms with E-state index in [9.17, 15) is 19.2 Å². The van der Waals surface area contributed by atoms with Crippen LogP contribution in [0.25, 0.3) is 0 Å². The fourth-order valence-electron chi connectivity index (χ4n) is 4.73. The van der Waals surface area contributed by atoms with Crippen molar-refractivity contribution in [2.45, 2.75) is 24.1 Å². The van der Waals surface area contributed by atoms with E-state index in [0.29, 0.717) is 0 Å². The summed E-state index contributed by atoms with van der Waals surface area (Å²) < 4.78 is 35.1. The molecule has 4 aromatic rings. The van der Waals surface area contributed by atoms with E-state index in [-0.39, 0.29) is 28.9 Å². The highest BCUT2D eigenvalue weighted by Crippen LogP contribution is 2.35. The topological polar surface area (TPSA) is 124 Å². The number of benzene rings is 4. The monoisotopic (exact) mass is 610 g/mol. The maximum absolute atomic E-state index is 13.4. The normalized spacial score (nSPS) is 20.8. The van der Waals surface area contributed by atoms with Gasteiger partial charge in [-0.15, -0.1) is 0 Å². The van der Waals surface area contributed by atoms with Crippen molar-refractivity contribution in [2.75, 3.05) is 20.3 Å². The molecule has 0 bridgehead atoms. The van der Waals surface area contributed by atoms with Crippen molar-refractivity contribution < 1.29 is 47.6 Å². The molecule has 10 nitrogen and oxygen atoms in total. The third-order valence-electron chi connectivity index (χ3n) is 7.11. The van der Waals surface area contributed by atoms with Gasteiger partial charge < -0.3 is 28.4 Å². The summed E-state index contributed by atoms with van der Waals surface area (Å²) >= 11 is 0. The Hall–Kier alpha value is -5.32. The summed E-state index contributed by atoms with van der Waals surface area (Å²) in [5.41, 5.74) is 0.882. The highest BCUT2D eigenvalue weighted by molar-refractivity contribution is 5.91. The van der Waals surface area contributed by atoms with Crippen molar-refractivity contribution in [2.24, 2.45) is 0 Å². The van der Waals surface area contributed by atoms with Gasteiger partial charge >= 0.3 is 23.9 Å². The van der Waals surface area contributed by atoms with E-state index in [4.69, 9.17) is 28.4 Å². The molecule has 4 aromatic carbocycles. The molecule has 1 fully saturated rings. The summed E-state index contributed by atoms with van der Waals surface area (Å²) in [5, 5.41) is 0. The van der Waals surface area contributed by atoms with Gasteiger partial charge in [0.1, 0.15) is 6.61 Å². The minimum Gasteiger partial charge on any atom is -0.456 e. The number of hydrogen-bond donors (Lipinski definition) is 0. The van der Waals surface area contributed by atoms with Crippen molar-refractivity contribution in [1.29, 1.82) is 0 Å². The number of hydrogen-bond acceptors (Lipinski definition) is 10. The lowest BCUT2D eigenvalue weighted by atomic mass is 9.95. The minimum absolute atomic E-state index is 0.181. The van der Waals surface area contributed by atoms with Crippen molar-refractivity contribution in [3.05, 3.63) is 144 Å². The quantitative estimate of drug-likeness (QED) is 0.181. The molecule has 0 aromatic heterocycles. The van der Waals surface area contributed by atoms with Crippen LogP contribution in [0.4, 0.5) is 0 Å². The van der Waals surface area contributed by atoms with Crippen LogP contribution in [0.3, 0.4) is 0 Å². The van der Waals surface area contributed by atoms with E-state index >= 15 is 0 Å². The first-order valence-corrected chi connectivity index (χ1v) is 14.1. The van der Waals surface area contributed by atoms with Crippen LogP contribution in [0.2, 0.25) is 0 Å². The second-order valence-corrected chi connectivity index (χ2v) is 10.0. The molecule has 0 amide bonds. The predicted octanol–water partition coefficient (Wildman–Crippen LogP) is 4.89. The zero-order valence-electron chi connectivity index (χ0n) is 24.3. The van der Waals surface area contributed by atoms with Crippen LogP contribution < -0.4 is 0 Å². The van der Waals surface area contributed by atoms with Gasteiger partial charge in [-0.25, -0.2) is 19.2 Å². The van der Waals surface area contributed by atoms with Crippen LogP contribution in [0, 0.1) is 0 Å². The van der Waals surface area contributed by atoms with Crippen LogP contribution >= 0.6 is 0 Å². The number of methoxy groups -OCH3 is 1. The Morgan fingerprint density at radius 2 is 1.00 bits per heavy atom. The highest BCUT2D eigenvalue weighted by Gasteiger charge is 2.58. The molecular weight excluding hydrogens is 580 g/mol. The number of esters is 4. The minimum atomic E-state index is -1.97. The van der Waals surface area contributed by atoms with E-state index in [1.54, 1.807) is 109 Å². The second kappa shape index (κ2) is 14.4. The smallest absolute Gasteiger partial charge is 0.338 e. The Bertz CT molecular complexity index is 1600. The predicted molar refractivity (Wildman–Crippen MR) is 159 cm³/mol. The summed E-state index contributed by atoms with van der Waals surface area (Å²) in [5.74, 6) is -4.98. The van der Waals surface area contributed by atoms with Gasteiger partial charge in [0, 0.05) is 7.11 Å². The van der Waals surface area contributed by atoms with Gasteiger partial charge in [0.2, 0.25) is 5.79 Å². The number of carbonyl (C=O) groups is 4. The molecule has 4 atom stereocenters. The van der Waals surface area contributed by atoms with Gasteiger partial charge in [0.05, 0.1) is 28.9 Å². The number of carbonyl (C=O) groups excluding carboxylic acids is 4. The molecule has 5 rings (SSSR count). The Balaban J connectivity index is 1.51. The van der Waals surface area contributed by atoms with Gasteiger partial charge in [-0.3, -0.25) is 0 Å². The van der Waals surface area contributed by atoms with Crippen molar-refractivity contribution in [3.8, 4) is 0 Å². The van der Waals surface area contributed by atoms with Crippen molar-refractivity contribution in [3.63, 3.8) is 0 Å². The molecule has 0 aliphatic carbocycles. The summed E-state index contributed by atoms with van der Waals surface area (Å²) in [7, 11) is 1.27. The Morgan fingerprint density at radius 1 is 0.600 bits per heavy atom. The fraction of sp³-hybridized carbons (Fsp3) is 0.200. The van der Waals surface area contributed by atoms with E-state index in [1.807, 2.05) is 0 Å². The van der Waals surface area contributed by atoms with Gasteiger partial charge in [-0.2, -0.15) is 0 Å². The van der Waals surface area contributed by atoms with E-state index in [2.05, 4.69) is 0 Å². The number of rotatable bonds is 10. The lowest BCUT2D eigenvalue weighted by Gasteiger charge is -2.46. The molecule has 1 saturated heterocycles. The van der Waals surface area contributed by atoms with Gasteiger partial charge in [0.25, 0.3) is 0 Å². The molecule has 1 aliphatic heterocycles. The molecule has 230 valence electrons. The molecule has 0 N–H and O–H groups in total. The summed E-state index contributed by atoms with van der Waals surface area (Å²) in [6.07, 6.45) is -4.29. The third kappa shape index (κ3) is 7.43. The summed E-state index contributed by atoms with van der Waals surface area (Å²) in [4.78, 5) is 52.9. The van der Waals surface area contributed by atoms with Crippen LogP contribution in [-0.2, 0) is 28.4 Å². The molecule has 1 heterocycles. The maximum Gasteiger partial charge on any atom is 0.338 e. The Labute approximate surface area is 259 Å². The van der Waals surface area contributed by atoms with Crippen LogP contribution in [-0.4, -0.2) is 68.3 Å². The van der Waals surface area contributed by atoms with Crippen molar-refractivity contribution in [1.82, 2.24) is 0 Å². The van der Waals surface area contributed by atoms with Crippen LogP contribution in [0.15, 0.2) is 121 Å². The van der Waals surface area contributed by atoms with Gasteiger partial charge in [0.15, 0.2) is 18.3 Å². The van der Waals surface area contributed by atoms with E-state index in [1.165, 1.54) is 19.2 Å². The SMILES string of the molecule is COC1(COC(=O)c2ccccc2)OCC(OC(=O)c2ccccc2)C(OC(=O)c2ccccc2)C1OC(=O)c1ccccc1. The number of ether oxygens (including phenoxy) is 6.